The molecular formula is C18H25F4NO. The average molecular weight is 347 g/mol. The standard InChI is InChI=1S/C14H13F4NO.2C2H6/c1-6(2)9-5-8(19)3-7-4-10(15)12(16)13(11(7)9)20-14(17)18;2*1-2/h3-6,14H,19H2,1-2H3;2*1-2H3. The average Bonchev–Trinajstić information content (AvgIpc) is 2.54. The van der Waals surface area contributed by atoms with Gasteiger partial charge in [0.25, 0.3) is 0 Å². The van der Waals surface area contributed by atoms with Gasteiger partial charge in [0.15, 0.2) is 11.6 Å². The smallest absolute Gasteiger partial charge is 0.387 e. The predicted octanol–water partition coefficient (Wildman–Crippen LogP) is 6.48. The number of benzene rings is 2. The van der Waals surface area contributed by atoms with E-state index < -0.39 is 24.0 Å². The molecule has 0 saturated heterocycles. The number of hydrogen-bond donors (Lipinski definition) is 1. The topological polar surface area (TPSA) is 35.2 Å². The Morgan fingerprint density at radius 2 is 1.50 bits per heavy atom. The number of hydrogen-bond acceptors (Lipinski definition) is 2. The summed E-state index contributed by atoms with van der Waals surface area (Å²) in [6.07, 6.45) is 0. The molecule has 2 aromatic rings. The number of rotatable bonds is 3. The first-order valence-corrected chi connectivity index (χ1v) is 7.97. The zero-order chi connectivity index (χ0) is 19.0. The summed E-state index contributed by atoms with van der Waals surface area (Å²) in [5.74, 6) is -3.58. The Labute approximate surface area is 140 Å². The second kappa shape index (κ2) is 10.0. The van der Waals surface area contributed by atoms with Crippen molar-refractivity contribution in [2.24, 2.45) is 0 Å². The Balaban J connectivity index is 0.00000123. The number of anilines is 1. The van der Waals surface area contributed by atoms with Crippen LogP contribution in [0.2, 0.25) is 0 Å². The van der Waals surface area contributed by atoms with E-state index in [0.717, 1.165) is 6.07 Å². The fraction of sp³-hybridized carbons (Fsp3) is 0.444. The lowest BCUT2D eigenvalue weighted by Gasteiger charge is -2.16. The van der Waals surface area contributed by atoms with Gasteiger partial charge in [0, 0.05) is 11.1 Å². The van der Waals surface area contributed by atoms with E-state index in [0.29, 0.717) is 11.3 Å². The summed E-state index contributed by atoms with van der Waals surface area (Å²) in [4.78, 5) is 0. The summed E-state index contributed by atoms with van der Waals surface area (Å²) in [6.45, 7) is 8.34. The molecule has 0 aliphatic carbocycles. The van der Waals surface area contributed by atoms with Gasteiger partial charge in [-0.15, -0.1) is 0 Å². The van der Waals surface area contributed by atoms with Crippen molar-refractivity contribution < 1.29 is 22.3 Å². The molecule has 2 N–H and O–H groups in total. The van der Waals surface area contributed by atoms with Crippen LogP contribution in [0.5, 0.6) is 5.75 Å². The number of alkyl halides is 2. The van der Waals surface area contributed by atoms with Crippen LogP contribution in [0.3, 0.4) is 0 Å². The van der Waals surface area contributed by atoms with Crippen LogP contribution in [-0.2, 0) is 0 Å². The highest BCUT2D eigenvalue weighted by molar-refractivity contribution is 5.94. The van der Waals surface area contributed by atoms with Gasteiger partial charge < -0.3 is 10.5 Å². The maximum atomic E-state index is 13.8. The zero-order valence-corrected chi connectivity index (χ0v) is 14.9. The van der Waals surface area contributed by atoms with Gasteiger partial charge in [-0.1, -0.05) is 41.5 Å². The summed E-state index contributed by atoms with van der Waals surface area (Å²) >= 11 is 0. The minimum atomic E-state index is -3.24. The van der Waals surface area contributed by atoms with E-state index in [2.05, 4.69) is 4.74 Å². The molecule has 2 aromatic carbocycles. The van der Waals surface area contributed by atoms with Gasteiger partial charge in [-0.2, -0.15) is 13.2 Å². The molecule has 0 aromatic heterocycles. The zero-order valence-electron chi connectivity index (χ0n) is 14.9. The maximum Gasteiger partial charge on any atom is 0.387 e. The lowest BCUT2D eigenvalue weighted by atomic mass is 9.94. The lowest BCUT2D eigenvalue weighted by molar-refractivity contribution is -0.0514. The van der Waals surface area contributed by atoms with Gasteiger partial charge in [-0.3, -0.25) is 0 Å². The third-order valence-electron chi connectivity index (χ3n) is 2.97. The van der Waals surface area contributed by atoms with E-state index in [1.165, 1.54) is 6.07 Å². The lowest BCUT2D eigenvalue weighted by Crippen LogP contribution is -2.07. The van der Waals surface area contributed by atoms with Gasteiger partial charge in [-0.05, 0) is 35.1 Å². The van der Waals surface area contributed by atoms with E-state index in [1.807, 2.05) is 27.7 Å². The van der Waals surface area contributed by atoms with Crippen LogP contribution >= 0.6 is 0 Å². The highest BCUT2D eigenvalue weighted by Crippen LogP contribution is 2.38. The van der Waals surface area contributed by atoms with E-state index >= 15 is 0 Å². The molecule has 0 unspecified atom stereocenters. The second-order valence-corrected chi connectivity index (χ2v) is 4.74. The first-order valence-electron chi connectivity index (χ1n) is 7.97. The van der Waals surface area contributed by atoms with Crippen molar-refractivity contribution in [1.82, 2.24) is 0 Å². The van der Waals surface area contributed by atoms with Crippen molar-refractivity contribution in [3.05, 3.63) is 35.4 Å². The van der Waals surface area contributed by atoms with E-state index in [9.17, 15) is 17.6 Å². The minimum Gasteiger partial charge on any atom is -0.431 e. The molecule has 2 nitrogen and oxygen atoms in total. The van der Waals surface area contributed by atoms with Crippen molar-refractivity contribution in [3.63, 3.8) is 0 Å². The molecule has 0 atom stereocenters. The van der Waals surface area contributed by atoms with Crippen LogP contribution in [-0.4, -0.2) is 6.61 Å². The van der Waals surface area contributed by atoms with Gasteiger partial charge >= 0.3 is 6.61 Å². The van der Waals surface area contributed by atoms with E-state index in [-0.39, 0.29) is 16.7 Å². The molecule has 24 heavy (non-hydrogen) atoms. The second-order valence-electron chi connectivity index (χ2n) is 4.74. The molecule has 0 aliphatic rings. The summed E-state index contributed by atoms with van der Waals surface area (Å²) in [7, 11) is 0. The Hall–Kier alpha value is -1.98. The van der Waals surface area contributed by atoms with Crippen LogP contribution in [0.15, 0.2) is 18.2 Å². The molecule has 136 valence electrons. The van der Waals surface area contributed by atoms with Gasteiger partial charge in [0.2, 0.25) is 5.82 Å². The number of nitrogen functional groups attached to an aromatic ring is 1. The van der Waals surface area contributed by atoms with Gasteiger partial charge in [-0.25, -0.2) is 4.39 Å². The normalized spacial score (nSPS) is 10.2. The third kappa shape index (κ3) is 5.01. The van der Waals surface area contributed by atoms with Crippen LogP contribution in [0, 0.1) is 11.6 Å². The molecule has 0 fully saturated rings. The molecule has 0 aliphatic heterocycles. The number of nitrogens with two attached hydrogens (primary N) is 1. The van der Waals surface area contributed by atoms with Crippen molar-refractivity contribution in [2.75, 3.05) is 5.73 Å². The Kier molecular flexibility index (Phi) is 9.18. The first-order chi connectivity index (χ1) is 11.3. The van der Waals surface area contributed by atoms with Gasteiger partial charge in [0.1, 0.15) is 0 Å². The van der Waals surface area contributed by atoms with Gasteiger partial charge in [0.05, 0.1) is 0 Å². The Morgan fingerprint density at radius 1 is 0.958 bits per heavy atom. The van der Waals surface area contributed by atoms with Crippen molar-refractivity contribution in [2.45, 2.75) is 54.1 Å². The van der Waals surface area contributed by atoms with Crippen LogP contribution in [0.25, 0.3) is 10.8 Å². The fourth-order valence-corrected chi connectivity index (χ4v) is 2.16. The third-order valence-corrected chi connectivity index (χ3v) is 2.97. The molecule has 2 rings (SSSR count). The summed E-state index contributed by atoms with van der Waals surface area (Å²) in [5.41, 5.74) is 6.56. The molecule has 0 spiro atoms. The summed E-state index contributed by atoms with van der Waals surface area (Å²) in [6, 6.07) is 3.86. The predicted molar refractivity (Wildman–Crippen MR) is 91.7 cm³/mol. The largest absolute Gasteiger partial charge is 0.431 e. The van der Waals surface area contributed by atoms with Crippen LogP contribution in [0.1, 0.15) is 53.0 Å². The monoisotopic (exact) mass is 347 g/mol. The SMILES string of the molecule is CC.CC.CC(C)c1cc(N)cc2cc(F)c(F)c(OC(F)F)c12. The first kappa shape index (κ1) is 22.0. The molecule has 0 saturated carbocycles. The molecule has 0 bridgehead atoms. The van der Waals surface area contributed by atoms with Crippen LogP contribution < -0.4 is 10.5 Å². The van der Waals surface area contributed by atoms with Crippen molar-refractivity contribution >= 4 is 16.5 Å². The maximum absolute atomic E-state index is 13.8. The number of halogens is 4. The number of ether oxygens (including phenoxy) is 1. The number of fused-ring (bicyclic) bond motifs is 1. The quantitative estimate of drug-likeness (QED) is 0.509. The Morgan fingerprint density at radius 3 is 1.96 bits per heavy atom. The minimum absolute atomic E-state index is 0.119. The highest BCUT2D eigenvalue weighted by atomic mass is 19.3. The molecule has 0 heterocycles. The Bertz CT molecular complexity index is 657. The van der Waals surface area contributed by atoms with Crippen molar-refractivity contribution in [3.8, 4) is 5.75 Å². The molecule has 0 amide bonds. The molecule has 0 radical (unpaired) electrons. The molecule has 6 heteroatoms. The summed E-state index contributed by atoms with van der Waals surface area (Å²) < 4.78 is 56.3. The summed E-state index contributed by atoms with van der Waals surface area (Å²) in [5, 5.41) is 0.344. The van der Waals surface area contributed by atoms with Crippen molar-refractivity contribution in [1.29, 1.82) is 0 Å². The van der Waals surface area contributed by atoms with E-state index in [4.69, 9.17) is 5.73 Å². The fourth-order valence-electron chi connectivity index (χ4n) is 2.16. The highest BCUT2D eigenvalue weighted by Gasteiger charge is 2.22. The van der Waals surface area contributed by atoms with Crippen LogP contribution in [0.4, 0.5) is 23.2 Å². The molecular weight excluding hydrogens is 322 g/mol. The van der Waals surface area contributed by atoms with E-state index in [1.54, 1.807) is 19.9 Å².